The van der Waals surface area contributed by atoms with Crippen LogP contribution in [-0.4, -0.2) is 18.7 Å². The Morgan fingerprint density at radius 2 is 1.92 bits per heavy atom. The van der Waals surface area contributed by atoms with Crippen molar-refractivity contribution in [1.29, 1.82) is 0 Å². The van der Waals surface area contributed by atoms with Crippen LogP contribution < -0.4 is 0 Å². The normalized spacial score (nSPS) is 8.83. The third-order valence-corrected chi connectivity index (χ3v) is 0.763. The van der Waals surface area contributed by atoms with Gasteiger partial charge in [-0.2, -0.15) is 0 Å². The summed E-state index contributed by atoms with van der Waals surface area (Å²) in [4.78, 5) is 29.0. The van der Waals surface area contributed by atoms with E-state index < -0.39 is 18.7 Å². The first kappa shape index (κ1) is 10.6. The summed E-state index contributed by atoms with van der Waals surface area (Å²) in [6.45, 7) is 5.57. The second kappa shape index (κ2) is 5.31. The SMILES string of the molecule is C=C(C)C(=O)OCOOC(C)=O. The predicted octanol–water partition coefficient (Wildman–Crippen LogP) is 0.558. The molecule has 0 atom stereocenters. The van der Waals surface area contributed by atoms with Gasteiger partial charge in [0.25, 0.3) is 0 Å². The number of hydrogen-bond acceptors (Lipinski definition) is 5. The van der Waals surface area contributed by atoms with Gasteiger partial charge in [0.15, 0.2) is 0 Å². The largest absolute Gasteiger partial charge is 0.431 e. The number of esters is 1. The fourth-order valence-corrected chi connectivity index (χ4v) is 0.308. The van der Waals surface area contributed by atoms with Crippen LogP contribution in [-0.2, 0) is 24.1 Å². The second-order valence-electron chi connectivity index (χ2n) is 2.02. The third-order valence-electron chi connectivity index (χ3n) is 0.763. The lowest BCUT2D eigenvalue weighted by Crippen LogP contribution is -2.10. The van der Waals surface area contributed by atoms with Crippen LogP contribution in [0.5, 0.6) is 0 Å². The molecule has 0 bridgehead atoms. The van der Waals surface area contributed by atoms with Crippen molar-refractivity contribution in [1.82, 2.24) is 0 Å². The van der Waals surface area contributed by atoms with Crippen LogP contribution in [0.25, 0.3) is 0 Å². The number of ether oxygens (including phenoxy) is 1. The molecule has 0 unspecified atom stereocenters. The maximum Gasteiger partial charge on any atom is 0.339 e. The summed E-state index contributed by atoms with van der Waals surface area (Å²) < 4.78 is 4.42. The molecule has 0 rings (SSSR count). The first-order chi connectivity index (χ1) is 5.54. The van der Waals surface area contributed by atoms with E-state index in [1.165, 1.54) is 13.8 Å². The molecule has 0 heterocycles. The van der Waals surface area contributed by atoms with Gasteiger partial charge in [0, 0.05) is 12.5 Å². The van der Waals surface area contributed by atoms with Gasteiger partial charge in [-0.25, -0.2) is 9.59 Å². The van der Waals surface area contributed by atoms with Crippen LogP contribution in [0.4, 0.5) is 0 Å². The molecular formula is C7H10O5. The third kappa shape index (κ3) is 5.43. The molecule has 68 valence electrons. The minimum Gasteiger partial charge on any atom is -0.431 e. The van der Waals surface area contributed by atoms with Gasteiger partial charge >= 0.3 is 11.9 Å². The smallest absolute Gasteiger partial charge is 0.339 e. The molecule has 0 saturated heterocycles. The van der Waals surface area contributed by atoms with Gasteiger partial charge in [-0.3, -0.25) is 4.89 Å². The average molecular weight is 174 g/mol. The van der Waals surface area contributed by atoms with Crippen molar-refractivity contribution in [3.8, 4) is 0 Å². The quantitative estimate of drug-likeness (QED) is 0.155. The Bertz CT molecular complexity index is 196. The van der Waals surface area contributed by atoms with Crippen molar-refractivity contribution in [3.63, 3.8) is 0 Å². The summed E-state index contributed by atoms with van der Waals surface area (Å²) in [5.41, 5.74) is 0.251. The molecule has 0 aliphatic rings. The van der Waals surface area contributed by atoms with Crippen LogP contribution in [0.1, 0.15) is 13.8 Å². The lowest BCUT2D eigenvalue weighted by Gasteiger charge is -2.02. The maximum atomic E-state index is 10.6. The zero-order valence-electron chi connectivity index (χ0n) is 6.96. The molecule has 0 aromatic carbocycles. The number of carbonyl (C=O) groups is 2. The summed E-state index contributed by atoms with van der Waals surface area (Å²) in [5, 5.41) is 0. The lowest BCUT2D eigenvalue weighted by atomic mass is 10.4. The molecule has 0 fully saturated rings. The molecule has 12 heavy (non-hydrogen) atoms. The monoisotopic (exact) mass is 174 g/mol. The molecule has 0 aliphatic carbocycles. The molecule has 0 aliphatic heterocycles. The van der Waals surface area contributed by atoms with Gasteiger partial charge in [0.1, 0.15) is 0 Å². The molecule has 0 N–H and O–H groups in total. The highest BCUT2D eigenvalue weighted by molar-refractivity contribution is 5.86. The molecule has 0 amide bonds. The predicted molar refractivity (Wildman–Crippen MR) is 38.6 cm³/mol. The Morgan fingerprint density at radius 3 is 2.33 bits per heavy atom. The van der Waals surface area contributed by atoms with E-state index in [1.54, 1.807) is 0 Å². The van der Waals surface area contributed by atoms with Gasteiger partial charge in [-0.1, -0.05) is 6.58 Å². The van der Waals surface area contributed by atoms with Crippen molar-refractivity contribution in [3.05, 3.63) is 12.2 Å². The van der Waals surface area contributed by atoms with Crippen molar-refractivity contribution in [2.45, 2.75) is 13.8 Å². The Labute approximate surface area is 69.8 Å². The highest BCUT2D eigenvalue weighted by Crippen LogP contribution is 1.92. The summed E-state index contributed by atoms with van der Waals surface area (Å²) >= 11 is 0. The van der Waals surface area contributed by atoms with Crippen LogP contribution >= 0.6 is 0 Å². The molecule has 5 heteroatoms. The molecule has 0 aromatic rings. The van der Waals surface area contributed by atoms with E-state index in [1.807, 2.05) is 0 Å². The van der Waals surface area contributed by atoms with Crippen LogP contribution in [0.2, 0.25) is 0 Å². The minimum atomic E-state index is -0.610. The second-order valence-corrected chi connectivity index (χ2v) is 2.02. The summed E-state index contributed by atoms with van der Waals surface area (Å²) in [7, 11) is 0. The number of carbonyl (C=O) groups excluding carboxylic acids is 2. The summed E-state index contributed by atoms with van der Waals surface area (Å²) in [6, 6.07) is 0. The van der Waals surface area contributed by atoms with Gasteiger partial charge in [-0.05, 0) is 6.92 Å². The highest BCUT2D eigenvalue weighted by atomic mass is 17.2. The van der Waals surface area contributed by atoms with Gasteiger partial charge in [0.2, 0.25) is 6.79 Å². The van der Waals surface area contributed by atoms with Gasteiger partial charge < -0.3 is 4.74 Å². The van der Waals surface area contributed by atoms with E-state index in [-0.39, 0.29) is 5.57 Å². The Kier molecular flexibility index (Phi) is 4.71. The van der Waals surface area contributed by atoms with Crippen molar-refractivity contribution in [2.75, 3.05) is 6.79 Å². The van der Waals surface area contributed by atoms with Gasteiger partial charge in [0.05, 0.1) is 0 Å². The maximum absolute atomic E-state index is 10.6. The van der Waals surface area contributed by atoms with E-state index in [2.05, 4.69) is 21.1 Å². The molecular weight excluding hydrogens is 164 g/mol. The van der Waals surface area contributed by atoms with Crippen LogP contribution in [0.15, 0.2) is 12.2 Å². The van der Waals surface area contributed by atoms with Crippen molar-refractivity contribution >= 4 is 11.9 Å². The molecule has 0 aromatic heterocycles. The van der Waals surface area contributed by atoms with E-state index in [9.17, 15) is 9.59 Å². The topological polar surface area (TPSA) is 61.8 Å². The highest BCUT2D eigenvalue weighted by Gasteiger charge is 2.02. The van der Waals surface area contributed by atoms with E-state index in [4.69, 9.17) is 0 Å². The first-order valence-electron chi connectivity index (χ1n) is 3.16. The molecule has 0 radical (unpaired) electrons. The standard InChI is InChI=1S/C7H10O5/c1-5(2)7(9)10-4-11-12-6(3)8/h1,4H2,2-3H3. The summed E-state index contributed by atoms with van der Waals surface area (Å²) in [6.07, 6.45) is 0. The van der Waals surface area contributed by atoms with Crippen LogP contribution in [0.3, 0.4) is 0 Å². The fraction of sp³-hybridized carbons (Fsp3) is 0.429. The van der Waals surface area contributed by atoms with Crippen molar-refractivity contribution < 1.29 is 24.1 Å². The number of hydrogen-bond donors (Lipinski definition) is 0. The fourth-order valence-electron chi connectivity index (χ4n) is 0.308. The number of rotatable bonds is 4. The zero-order valence-corrected chi connectivity index (χ0v) is 6.96. The van der Waals surface area contributed by atoms with E-state index in [0.717, 1.165) is 0 Å². The Morgan fingerprint density at radius 1 is 1.33 bits per heavy atom. The van der Waals surface area contributed by atoms with E-state index >= 15 is 0 Å². The molecule has 0 spiro atoms. The van der Waals surface area contributed by atoms with Gasteiger partial charge in [-0.15, -0.1) is 4.89 Å². The van der Waals surface area contributed by atoms with Crippen LogP contribution in [0, 0.1) is 0 Å². The Balaban J connectivity index is 3.38. The lowest BCUT2D eigenvalue weighted by molar-refractivity contribution is -0.303. The Hall–Kier alpha value is -1.36. The van der Waals surface area contributed by atoms with Crippen molar-refractivity contribution in [2.24, 2.45) is 0 Å². The first-order valence-corrected chi connectivity index (χ1v) is 3.16. The minimum absolute atomic E-state index is 0.251. The van der Waals surface area contributed by atoms with E-state index in [0.29, 0.717) is 0 Å². The summed E-state index contributed by atoms with van der Waals surface area (Å²) in [5.74, 6) is -1.21. The average Bonchev–Trinajstić information content (AvgIpc) is 1.97. The zero-order chi connectivity index (χ0) is 9.56. The molecule has 5 nitrogen and oxygen atoms in total. The molecule has 0 saturated carbocycles.